The normalized spacial score (nSPS) is 13.3. The van der Waals surface area contributed by atoms with Crippen molar-refractivity contribution in [2.45, 2.75) is 167 Å². The van der Waals surface area contributed by atoms with Gasteiger partial charge in [-0.15, -0.1) is 0 Å². The third-order valence-corrected chi connectivity index (χ3v) is 30.6. The summed E-state index contributed by atoms with van der Waals surface area (Å²) in [7, 11) is 0. The van der Waals surface area contributed by atoms with Crippen LogP contribution in [0, 0.1) is 0 Å². The molecule has 0 N–H and O–H groups in total. The lowest BCUT2D eigenvalue weighted by Crippen LogP contribution is -2.64. The molecule has 8 heteroatoms. The zero-order valence-corrected chi connectivity index (χ0v) is 84.8. The standard InChI is InChI=1S/C132H121B2N5S/c1-127(2,3)92-68-56-86(57-69-92)102-42-25-31-50-112(102)135(98-38-21-19-22-39-98)100-80-119-124-120(81-100)139(126-106(90-64-76-96(77-65-90)131(13,14)15)46-37-47-107(126)91-66-78-97(79-67-91)132(16,17)18)118-85-122-111(84-110(118)133(124)108-48-29-35-54-116(108)137(119)114-52-33-27-44-104(114)88-60-72-94(73-61-88)129(7,8)9)134-109-49-30-36-55-117(109)138(115-53-34-28-45-105(115)89-62-74-95(75-63-89)130(10,11)12)121-82-101(83-123(140-122)125(121)134)136(99-40-23-20-24-41-99)113-51-32-26-43-103(113)87-58-70-93(71-59-87)128(4,5)6/h19-85H,1-18H3. The van der Waals surface area contributed by atoms with E-state index in [4.69, 9.17) is 0 Å². The topological polar surface area (TPSA) is 16.2 Å². The molecule has 0 fully saturated rings. The first-order chi connectivity index (χ1) is 67.3. The largest absolute Gasteiger partial charge is 0.311 e. The first-order valence-corrected chi connectivity index (χ1v) is 50.7. The smallest absolute Gasteiger partial charge is 0.252 e. The highest BCUT2D eigenvalue weighted by atomic mass is 32.2. The Hall–Kier alpha value is -14.6. The lowest BCUT2D eigenvalue weighted by Gasteiger charge is -2.47. The van der Waals surface area contributed by atoms with Gasteiger partial charge in [0, 0.05) is 94.4 Å². The van der Waals surface area contributed by atoms with Crippen molar-refractivity contribution in [1.82, 2.24) is 0 Å². The summed E-state index contributed by atoms with van der Waals surface area (Å²) < 4.78 is 0. The van der Waals surface area contributed by atoms with Crippen LogP contribution in [0.2, 0.25) is 0 Å². The van der Waals surface area contributed by atoms with E-state index in [1.807, 2.05) is 11.8 Å². The molecule has 5 nitrogen and oxygen atoms in total. The minimum absolute atomic E-state index is 0.0261. The fraction of sp³-hybridized carbons (Fsp3) is 0.182. The maximum Gasteiger partial charge on any atom is 0.252 e. The molecule has 0 amide bonds. The molecule has 0 aliphatic carbocycles. The van der Waals surface area contributed by atoms with Crippen LogP contribution in [0.15, 0.2) is 416 Å². The van der Waals surface area contributed by atoms with Gasteiger partial charge in [0.2, 0.25) is 6.71 Å². The third kappa shape index (κ3) is 16.3. The zero-order chi connectivity index (χ0) is 96.8. The Morgan fingerprint density at radius 2 is 0.479 bits per heavy atom. The van der Waals surface area contributed by atoms with Crippen molar-refractivity contribution >= 4 is 143 Å². The van der Waals surface area contributed by atoms with Gasteiger partial charge in [-0.2, -0.15) is 0 Å². The monoisotopic (exact) mass is 1830 g/mol. The van der Waals surface area contributed by atoms with Gasteiger partial charge in [0.05, 0.1) is 34.1 Å². The van der Waals surface area contributed by atoms with Crippen LogP contribution < -0.4 is 57.3 Å². The van der Waals surface area contributed by atoms with E-state index in [-0.39, 0.29) is 45.9 Å². The van der Waals surface area contributed by atoms with Crippen molar-refractivity contribution in [1.29, 1.82) is 0 Å². The van der Waals surface area contributed by atoms with Crippen LogP contribution >= 0.6 is 11.8 Å². The first kappa shape index (κ1) is 90.6. The minimum Gasteiger partial charge on any atom is -0.311 e. The van der Waals surface area contributed by atoms with Crippen LogP contribution in [0.5, 0.6) is 0 Å². The van der Waals surface area contributed by atoms with Crippen molar-refractivity contribution < 1.29 is 0 Å². The van der Waals surface area contributed by atoms with E-state index >= 15 is 0 Å². The molecule has 0 unspecified atom stereocenters. The highest BCUT2D eigenvalue weighted by molar-refractivity contribution is 8.00. The average Bonchev–Trinajstić information content (AvgIpc) is 0.679. The lowest BCUT2D eigenvalue weighted by molar-refractivity contribution is 0.590. The summed E-state index contributed by atoms with van der Waals surface area (Å²) in [5.41, 5.74) is 44.8. The minimum atomic E-state index is -0.327. The van der Waals surface area contributed by atoms with Crippen LogP contribution in [0.25, 0.3) is 66.8 Å². The summed E-state index contributed by atoms with van der Waals surface area (Å²) >= 11 is 1.93. The summed E-state index contributed by atoms with van der Waals surface area (Å²) in [4.78, 5) is 15.6. The van der Waals surface area contributed by atoms with E-state index in [1.54, 1.807) is 0 Å². The number of para-hydroxylation sites is 9. The van der Waals surface area contributed by atoms with Gasteiger partial charge in [-0.05, 0) is 218 Å². The Morgan fingerprint density at radius 1 is 0.193 bits per heavy atom. The molecular formula is C132H121B2N5S. The van der Waals surface area contributed by atoms with Gasteiger partial charge in [0.1, 0.15) is 0 Å². The van der Waals surface area contributed by atoms with Crippen molar-refractivity contribution in [3.8, 4) is 66.8 Å². The van der Waals surface area contributed by atoms with E-state index in [0.717, 1.165) is 152 Å². The molecule has 0 atom stereocenters. The predicted octanol–water partition coefficient (Wildman–Crippen LogP) is 33.3. The molecule has 0 spiro atoms. The SMILES string of the molecule is CC(C)(C)c1ccc(-c2ccccc2N(c2ccccc2)c2cc3c4c(c2)N(c2ccccc2-c2ccc(C(C)(C)C)cc2)c2ccccc2B4c2cc4c(cc2S3)N(c2c(-c3ccc(C(C)(C)C)cc3)cccc2-c2ccc(C(C)(C)C)cc2)c2cc(N(c3ccccc3)c3ccccc3-c3ccc(C(C)(C)C)cc3)cc3c2B4c2ccccc2N3c2ccccc2-c2ccc(C(C)(C)C)cc2)cc1. The average molecular weight is 1830 g/mol. The fourth-order valence-electron chi connectivity index (χ4n) is 21.9. The third-order valence-electron chi connectivity index (χ3n) is 29.5. The van der Waals surface area contributed by atoms with Crippen molar-refractivity contribution in [2.24, 2.45) is 0 Å². The summed E-state index contributed by atoms with van der Waals surface area (Å²) in [6.07, 6.45) is 0. The van der Waals surface area contributed by atoms with Gasteiger partial charge in [0.25, 0.3) is 6.71 Å². The molecule has 4 heterocycles. The van der Waals surface area contributed by atoms with Crippen LogP contribution in [-0.4, -0.2) is 13.4 Å². The Balaban J connectivity index is 0.871. The molecule has 140 heavy (non-hydrogen) atoms. The molecule has 22 rings (SSSR count). The van der Waals surface area contributed by atoms with E-state index in [2.05, 4.69) is 556 Å². The molecule has 18 aromatic carbocycles. The Labute approximate surface area is 835 Å². The molecule has 0 aromatic heterocycles. The second-order valence-electron chi connectivity index (χ2n) is 44.9. The maximum atomic E-state index is 2.78. The molecule has 18 aromatic rings. The number of fused-ring (bicyclic) bond motifs is 8. The van der Waals surface area contributed by atoms with E-state index in [0.29, 0.717) is 0 Å². The van der Waals surface area contributed by atoms with Crippen LogP contribution in [0.1, 0.15) is 158 Å². The molecular weight excluding hydrogens is 1710 g/mol. The van der Waals surface area contributed by atoms with Crippen LogP contribution in [0.4, 0.5) is 85.3 Å². The zero-order valence-electron chi connectivity index (χ0n) is 84.0. The maximum absolute atomic E-state index is 2.78. The second-order valence-corrected chi connectivity index (χ2v) is 46.0. The molecule has 4 aliphatic rings. The van der Waals surface area contributed by atoms with Crippen molar-refractivity contribution in [2.75, 3.05) is 24.5 Å². The summed E-state index contributed by atoms with van der Waals surface area (Å²) in [6.45, 7) is 41.1. The lowest BCUT2D eigenvalue weighted by atomic mass is 9.31. The highest BCUT2D eigenvalue weighted by Crippen LogP contribution is 2.57. The van der Waals surface area contributed by atoms with Gasteiger partial charge in [-0.1, -0.05) is 457 Å². The molecule has 4 aliphatic heterocycles. The quantitative estimate of drug-likeness (QED) is 0.0944. The van der Waals surface area contributed by atoms with E-state index in [1.165, 1.54) is 75.9 Å². The van der Waals surface area contributed by atoms with E-state index < -0.39 is 0 Å². The summed E-state index contributed by atoms with van der Waals surface area (Å²) in [5.74, 6) is 0. The number of hydrogen-bond donors (Lipinski definition) is 0. The van der Waals surface area contributed by atoms with Gasteiger partial charge < -0.3 is 24.5 Å². The summed E-state index contributed by atoms with van der Waals surface area (Å²) in [5, 5.41) is 0. The van der Waals surface area contributed by atoms with Gasteiger partial charge in [-0.3, -0.25) is 0 Å². The van der Waals surface area contributed by atoms with E-state index in [9.17, 15) is 0 Å². The Morgan fingerprint density at radius 3 is 0.850 bits per heavy atom. The van der Waals surface area contributed by atoms with Crippen LogP contribution in [-0.2, 0) is 32.5 Å². The highest BCUT2D eigenvalue weighted by Gasteiger charge is 2.49. The van der Waals surface area contributed by atoms with Crippen molar-refractivity contribution in [3.63, 3.8) is 0 Å². The van der Waals surface area contributed by atoms with Gasteiger partial charge >= 0.3 is 0 Å². The Kier molecular flexibility index (Phi) is 22.5. The number of hydrogen-bond acceptors (Lipinski definition) is 6. The van der Waals surface area contributed by atoms with Gasteiger partial charge in [-0.25, -0.2) is 0 Å². The number of anilines is 15. The molecule has 0 radical (unpaired) electrons. The fourth-order valence-corrected chi connectivity index (χ4v) is 23.2. The second kappa shape index (κ2) is 34.8. The van der Waals surface area contributed by atoms with Crippen LogP contribution in [0.3, 0.4) is 0 Å². The molecule has 0 saturated carbocycles. The number of benzene rings is 18. The first-order valence-electron chi connectivity index (χ1n) is 49.9. The predicted molar refractivity (Wildman–Crippen MR) is 605 cm³/mol. The number of nitrogens with zero attached hydrogens (tertiary/aromatic N) is 5. The molecule has 0 bridgehead atoms. The van der Waals surface area contributed by atoms with Gasteiger partial charge in [0.15, 0.2) is 0 Å². The summed E-state index contributed by atoms with van der Waals surface area (Å²) in [6, 6.07) is 157. The number of rotatable bonds is 15. The Bertz CT molecular complexity index is 7720. The molecule has 0 saturated heterocycles. The molecule has 686 valence electrons. The van der Waals surface area contributed by atoms with Crippen molar-refractivity contribution in [3.05, 3.63) is 440 Å².